The number of rotatable bonds is 2. The van der Waals surface area contributed by atoms with Crippen molar-refractivity contribution in [3.8, 4) is 0 Å². The van der Waals surface area contributed by atoms with Crippen LogP contribution in [0.15, 0.2) is 30.9 Å². The summed E-state index contributed by atoms with van der Waals surface area (Å²) in [7, 11) is 0. The molecule has 0 saturated carbocycles. The number of hydrogen-bond acceptors (Lipinski definition) is 0. The number of aryl methyl sites for hydroxylation is 1. The Hall–Kier alpha value is -1.11. The first-order valence-electron chi connectivity index (χ1n) is 4.03. The molecule has 1 unspecified atom stereocenters. The fraction of sp³-hybridized carbons (Fsp3) is 0.273. The van der Waals surface area contributed by atoms with E-state index in [0.29, 0.717) is 0 Å². The smallest absolute Gasteiger partial charge is 0.123 e. The third-order valence-corrected chi connectivity index (χ3v) is 2.09. The molecule has 1 aromatic rings. The molecule has 1 rings (SSSR count). The van der Waals surface area contributed by atoms with Crippen LogP contribution in [0.2, 0.25) is 0 Å². The van der Waals surface area contributed by atoms with Crippen molar-refractivity contribution in [1.82, 2.24) is 0 Å². The Bertz CT molecular complexity index is 289. The van der Waals surface area contributed by atoms with Crippen LogP contribution >= 0.6 is 0 Å². The minimum absolute atomic E-state index is 0.177. The lowest BCUT2D eigenvalue weighted by Crippen LogP contribution is -1.93. The van der Waals surface area contributed by atoms with Gasteiger partial charge in [0.15, 0.2) is 0 Å². The van der Waals surface area contributed by atoms with E-state index in [1.165, 1.54) is 6.07 Å². The van der Waals surface area contributed by atoms with Crippen LogP contribution in [0.4, 0.5) is 4.39 Å². The third kappa shape index (κ3) is 1.73. The molecule has 0 fully saturated rings. The van der Waals surface area contributed by atoms with E-state index in [-0.39, 0.29) is 11.7 Å². The molecule has 12 heavy (non-hydrogen) atoms. The van der Waals surface area contributed by atoms with E-state index in [2.05, 4.69) is 6.58 Å². The maximum atomic E-state index is 12.8. The second-order valence-electron chi connectivity index (χ2n) is 3.03. The summed E-state index contributed by atoms with van der Waals surface area (Å²) in [5, 5.41) is 0. The van der Waals surface area contributed by atoms with E-state index in [4.69, 9.17) is 0 Å². The van der Waals surface area contributed by atoms with Gasteiger partial charge in [0.1, 0.15) is 5.82 Å². The zero-order valence-electron chi connectivity index (χ0n) is 7.47. The van der Waals surface area contributed by atoms with E-state index < -0.39 is 0 Å². The van der Waals surface area contributed by atoms with Crippen LogP contribution in [-0.4, -0.2) is 0 Å². The minimum Gasteiger partial charge on any atom is -0.207 e. The van der Waals surface area contributed by atoms with Crippen molar-refractivity contribution >= 4 is 0 Å². The first kappa shape index (κ1) is 8.98. The fourth-order valence-electron chi connectivity index (χ4n) is 1.23. The summed E-state index contributed by atoms with van der Waals surface area (Å²) >= 11 is 0. The second-order valence-corrected chi connectivity index (χ2v) is 3.03. The number of hydrogen-bond donors (Lipinski definition) is 0. The van der Waals surface area contributed by atoms with Crippen LogP contribution in [0.25, 0.3) is 0 Å². The highest BCUT2D eigenvalue weighted by Crippen LogP contribution is 2.20. The standard InChI is InChI=1S/C11H13F/c1-4-8(2)11-7-10(12)6-5-9(11)3/h4-8H,1H2,2-3H3. The molecule has 1 aromatic carbocycles. The Morgan fingerprint density at radius 3 is 2.75 bits per heavy atom. The van der Waals surface area contributed by atoms with Crippen LogP contribution in [-0.2, 0) is 0 Å². The maximum Gasteiger partial charge on any atom is 0.123 e. The van der Waals surface area contributed by atoms with Crippen molar-refractivity contribution in [3.63, 3.8) is 0 Å². The molecule has 0 nitrogen and oxygen atoms in total. The minimum atomic E-state index is -0.177. The van der Waals surface area contributed by atoms with Gasteiger partial charge in [0, 0.05) is 0 Å². The molecule has 64 valence electrons. The molecule has 0 amide bonds. The molecule has 0 aromatic heterocycles. The highest BCUT2D eigenvalue weighted by atomic mass is 19.1. The Morgan fingerprint density at radius 1 is 1.50 bits per heavy atom. The van der Waals surface area contributed by atoms with Gasteiger partial charge in [0.25, 0.3) is 0 Å². The van der Waals surface area contributed by atoms with Gasteiger partial charge in [-0.1, -0.05) is 19.1 Å². The molecule has 0 bridgehead atoms. The zero-order chi connectivity index (χ0) is 9.14. The van der Waals surface area contributed by atoms with Gasteiger partial charge in [-0.3, -0.25) is 0 Å². The number of halogens is 1. The van der Waals surface area contributed by atoms with Crippen LogP contribution < -0.4 is 0 Å². The number of allylic oxidation sites excluding steroid dienone is 1. The normalized spacial score (nSPS) is 12.6. The van der Waals surface area contributed by atoms with E-state index in [1.807, 2.05) is 19.9 Å². The summed E-state index contributed by atoms with van der Waals surface area (Å²) in [6.45, 7) is 7.67. The van der Waals surface area contributed by atoms with Crippen molar-refractivity contribution in [2.75, 3.05) is 0 Å². The SMILES string of the molecule is C=CC(C)c1cc(F)ccc1C. The van der Waals surface area contributed by atoms with Gasteiger partial charge in [0.05, 0.1) is 0 Å². The van der Waals surface area contributed by atoms with E-state index in [1.54, 1.807) is 12.1 Å². The highest BCUT2D eigenvalue weighted by Gasteiger charge is 2.05. The Labute approximate surface area is 72.7 Å². The molecule has 0 radical (unpaired) electrons. The quantitative estimate of drug-likeness (QED) is 0.587. The molecule has 0 aliphatic carbocycles. The Morgan fingerprint density at radius 2 is 2.17 bits per heavy atom. The lowest BCUT2D eigenvalue weighted by atomic mass is 9.97. The first-order chi connectivity index (χ1) is 5.65. The van der Waals surface area contributed by atoms with Crippen LogP contribution in [0.5, 0.6) is 0 Å². The predicted octanol–water partition coefficient (Wildman–Crippen LogP) is 3.42. The van der Waals surface area contributed by atoms with E-state index in [9.17, 15) is 4.39 Å². The zero-order valence-corrected chi connectivity index (χ0v) is 7.47. The van der Waals surface area contributed by atoms with Crippen molar-refractivity contribution < 1.29 is 4.39 Å². The third-order valence-electron chi connectivity index (χ3n) is 2.09. The second kappa shape index (κ2) is 3.53. The summed E-state index contributed by atoms with van der Waals surface area (Å²) in [6.07, 6.45) is 1.82. The Balaban J connectivity index is 3.12. The molecule has 0 heterocycles. The molecular formula is C11H13F. The molecule has 1 atom stereocenters. The molecule has 0 N–H and O–H groups in total. The lowest BCUT2D eigenvalue weighted by Gasteiger charge is -2.09. The van der Waals surface area contributed by atoms with Crippen molar-refractivity contribution in [2.24, 2.45) is 0 Å². The van der Waals surface area contributed by atoms with E-state index in [0.717, 1.165) is 11.1 Å². The molecular weight excluding hydrogens is 151 g/mol. The fourth-order valence-corrected chi connectivity index (χ4v) is 1.23. The Kier molecular flexibility index (Phi) is 2.64. The maximum absolute atomic E-state index is 12.8. The summed E-state index contributed by atoms with van der Waals surface area (Å²) in [4.78, 5) is 0. The van der Waals surface area contributed by atoms with Crippen LogP contribution in [0.1, 0.15) is 24.0 Å². The average Bonchev–Trinajstić information content (AvgIpc) is 2.08. The molecule has 0 aliphatic heterocycles. The molecule has 0 spiro atoms. The lowest BCUT2D eigenvalue weighted by molar-refractivity contribution is 0.624. The van der Waals surface area contributed by atoms with Crippen LogP contribution in [0, 0.1) is 12.7 Å². The van der Waals surface area contributed by atoms with Crippen LogP contribution in [0.3, 0.4) is 0 Å². The van der Waals surface area contributed by atoms with Gasteiger partial charge < -0.3 is 0 Å². The molecule has 0 aliphatic rings. The molecule has 0 saturated heterocycles. The van der Waals surface area contributed by atoms with Gasteiger partial charge in [-0.05, 0) is 36.1 Å². The van der Waals surface area contributed by atoms with Gasteiger partial charge in [-0.25, -0.2) is 4.39 Å². The van der Waals surface area contributed by atoms with Gasteiger partial charge in [0.2, 0.25) is 0 Å². The highest BCUT2D eigenvalue weighted by molar-refractivity contribution is 5.31. The van der Waals surface area contributed by atoms with Crippen molar-refractivity contribution in [3.05, 3.63) is 47.8 Å². The molecule has 1 heteroatoms. The summed E-state index contributed by atoms with van der Waals surface area (Å²) in [6, 6.07) is 4.85. The largest absolute Gasteiger partial charge is 0.207 e. The number of benzene rings is 1. The van der Waals surface area contributed by atoms with Gasteiger partial charge >= 0.3 is 0 Å². The topological polar surface area (TPSA) is 0 Å². The first-order valence-corrected chi connectivity index (χ1v) is 4.03. The average molecular weight is 164 g/mol. The summed E-state index contributed by atoms with van der Waals surface area (Å²) in [5.41, 5.74) is 2.13. The summed E-state index contributed by atoms with van der Waals surface area (Å²) in [5.74, 6) is 0.0463. The summed E-state index contributed by atoms with van der Waals surface area (Å²) < 4.78 is 12.8. The predicted molar refractivity (Wildman–Crippen MR) is 49.7 cm³/mol. The van der Waals surface area contributed by atoms with Gasteiger partial charge in [-0.15, -0.1) is 6.58 Å². The van der Waals surface area contributed by atoms with Gasteiger partial charge in [-0.2, -0.15) is 0 Å². The van der Waals surface area contributed by atoms with E-state index >= 15 is 0 Å². The van der Waals surface area contributed by atoms with Crippen molar-refractivity contribution in [2.45, 2.75) is 19.8 Å². The monoisotopic (exact) mass is 164 g/mol. The van der Waals surface area contributed by atoms with Crippen molar-refractivity contribution in [1.29, 1.82) is 0 Å².